The largest absolute Gasteiger partial charge is 0.381 e. The smallest absolute Gasteiger partial charge is 0.236 e. The van der Waals surface area contributed by atoms with Gasteiger partial charge in [0.2, 0.25) is 5.91 Å². The number of halogens is 1. The highest BCUT2D eigenvalue weighted by Crippen LogP contribution is 2.22. The van der Waals surface area contributed by atoms with Gasteiger partial charge in [-0.15, -0.1) is 0 Å². The molecule has 0 aromatic rings. The van der Waals surface area contributed by atoms with Gasteiger partial charge >= 0.3 is 0 Å². The van der Waals surface area contributed by atoms with E-state index in [-0.39, 0.29) is 10.7 Å². The summed E-state index contributed by atoms with van der Waals surface area (Å²) in [6, 6.07) is 0. The summed E-state index contributed by atoms with van der Waals surface area (Å²) >= 11 is 3.44. The van der Waals surface area contributed by atoms with E-state index in [9.17, 15) is 4.79 Å². The van der Waals surface area contributed by atoms with Gasteiger partial charge < -0.3 is 9.64 Å². The van der Waals surface area contributed by atoms with Crippen molar-refractivity contribution in [3.63, 3.8) is 0 Å². The number of alkyl halides is 1. The lowest BCUT2D eigenvalue weighted by molar-refractivity contribution is -0.133. The zero-order valence-electron chi connectivity index (χ0n) is 8.95. The fraction of sp³-hybridized carbons (Fsp3) is 0.909. The quantitative estimate of drug-likeness (QED) is 0.720. The van der Waals surface area contributed by atoms with Gasteiger partial charge in [-0.25, -0.2) is 0 Å². The Morgan fingerprint density at radius 1 is 1.33 bits per heavy atom. The number of rotatable bonds is 2. The average molecular weight is 276 g/mol. The van der Waals surface area contributed by atoms with E-state index in [2.05, 4.69) is 15.9 Å². The number of amides is 1. The molecule has 0 saturated carbocycles. The van der Waals surface area contributed by atoms with Crippen LogP contribution in [0.3, 0.4) is 0 Å². The van der Waals surface area contributed by atoms with Crippen LogP contribution in [0.2, 0.25) is 0 Å². The van der Waals surface area contributed by atoms with Gasteiger partial charge in [0.25, 0.3) is 0 Å². The molecule has 2 rings (SSSR count). The van der Waals surface area contributed by atoms with E-state index in [0.717, 1.165) is 52.0 Å². The molecule has 0 bridgehead atoms. The minimum atomic E-state index is 0.0612. The van der Waals surface area contributed by atoms with Crippen LogP contribution in [-0.4, -0.2) is 41.9 Å². The number of piperidine rings is 1. The summed E-state index contributed by atoms with van der Waals surface area (Å²) in [6.07, 6.45) is 4.33. The van der Waals surface area contributed by atoms with Crippen molar-refractivity contribution >= 4 is 21.8 Å². The highest BCUT2D eigenvalue weighted by molar-refractivity contribution is 9.10. The molecule has 0 radical (unpaired) electrons. The number of likely N-dealkylation sites (tertiary alicyclic amines) is 1. The van der Waals surface area contributed by atoms with E-state index in [4.69, 9.17) is 4.74 Å². The van der Waals surface area contributed by atoms with Gasteiger partial charge in [0.05, 0.1) is 4.83 Å². The van der Waals surface area contributed by atoms with Crippen molar-refractivity contribution < 1.29 is 9.53 Å². The van der Waals surface area contributed by atoms with Crippen LogP contribution in [0.5, 0.6) is 0 Å². The van der Waals surface area contributed by atoms with Crippen LogP contribution in [0.1, 0.15) is 25.7 Å². The van der Waals surface area contributed by atoms with E-state index >= 15 is 0 Å². The van der Waals surface area contributed by atoms with Crippen LogP contribution in [0, 0.1) is 5.92 Å². The number of carbonyl (C=O) groups excluding carboxylic acids is 1. The Labute approximate surface area is 99.3 Å². The molecule has 2 fully saturated rings. The minimum Gasteiger partial charge on any atom is -0.381 e. The van der Waals surface area contributed by atoms with E-state index in [1.807, 2.05) is 4.90 Å². The summed E-state index contributed by atoms with van der Waals surface area (Å²) in [5, 5.41) is 0. The minimum absolute atomic E-state index is 0.0612. The van der Waals surface area contributed by atoms with Crippen molar-refractivity contribution in [1.82, 2.24) is 4.90 Å². The number of nitrogens with zero attached hydrogens (tertiary/aromatic N) is 1. The van der Waals surface area contributed by atoms with E-state index in [1.54, 1.807) is 0 Å². The maximum Gasteiger partial charge on any atom is 0.236 e. The summed E-state index contributed by atoms with van der Waals surface area (Å²) in [5.74, 6) is 0.938. The molecule has 4 heteroatoms. The van der Waals surface area contributed by atoms with Gasteiger partial charge in [-0.05, 0) is 31.6 Å². The van der Waals surface area contributed by atoms with Crippen LogP contribution in [0.4, 0.5) is 0 Å². The third kappa shape index (κ3) is 2.94. The fourth-order valence-corrected chi connectivity index (χ4v) is 2.93. The number of hydrogen-bond acceptors (Lipinski definition) is 2. The van der Waals surface area contributed by atoms with Crippen molar-refractivity contribution in [2.24, 2.45) is 5.92 Å². The van der Waals surface area contributed by atoms with Crippen LogP contribution in [-0.2, 0) is 9.53 Å². The fourth-order valence-electron chi connectivity index (χ4n) is 2.32. The molecular weight excluding hydrogens is 258 g/mol. The van der Waals surface area contributed by atoms with Crippen molar-refractivity contribution in [2.45, 2.75) is 30.5 Å². The van der Waals surface area contributed by atoms with Crippen molar-refractivity contribution in [2.75, 3.05) is 26.3 Å². The standard InChI is InChI=1S/C11H18BrNO2/c12-10-2-1-5-13(11(10)14)8-9-3-6-15-7-4-9/h9-10H,1-8H2. The van der Waals surface area contributed by atoms with E-state index in [0.29, 0.717) is 5.92 Å². The number of hydrogen-bond donors (Lipinski definition) is 0. The van der Waals surface area contributed by atoms with Gasteiger partial charge in [0.1, 0.15) is 0 Å². The average Bonchev–Trinajstić information content (AvgIpc) is 2.26. The first kappa shape index (κ1) is 11.4. The van der Waals surface area contributed by atoms with Crippen molar-refractivity contribution in [3.05, 3.63) is 0 Å². The highest BCUT2D eigenvalue weighted by atomic mass is 79.9. The maximum atomic E-state index is 11.8. The molecule has 15 heavy (non-hydrogen) atoms. The molecule has 3 nitrogen and oxygen atoms in total. The third-order valence-corrected chi connectivity index (χ3v) is 4.13. The molecule has 2 saturated heterocycles. The Morgan fingerprint density at radius 3 is 2.80 bits per heavy atom. The molecule has 0 spiro atoms. The lowest BCUT2D eigenvalue weighted by Gasteiger charge is -2.34. The lowest BCUT2D eigenvalue weighted by atomic mass is 9.98. The topological polar surface area (TPSA) is 29.5 Å². The van der Waals surface area contributed by atoms with Crippen LogP contribution in [0.25, 0.3) is 0 Å². The molecular formula is C11H18BrNO2. The Morgan fingerprint density at radius 2 is 2.07 bits per heavy atom. The monoisotopic (exact) mass is 275 g/mol. The number of carbonyl (C=O) groups is 1. The van der Waals surface area contributed by atoms with E-state index in [1.165, 1.54) is 0 Å². The zero-order chi connectivity index (χ0) is 10.7. The predicted octanol–water partition coefficient (Wildman–Crippen LogP) is 1.80. The van der Waals surface area contributed by atoms with Crippen LogP contribution >= 0.6 is 15.9 Å². The van der Waals surface area contributed by atoms with E-state index < -0.39 is 0 Å². The molecule has 2 aliphatic rings. The van der Waals surface area contributed by atoms with Gasteiger partial charge in [0, 0.05) is 26.3 Å². The first-order valence-corrected chi connectivity index (χ1v) is 6.69. The van der Waals surface area contributed by atoms with Crippen LogP contribution < -0.4 is 0 Å². The molecule has 1 amide bonds. The summed E-state index contributed by atoms with van der Waals surface area (Å²) in [6.45, 7) is 3.61. The molecule has 86 valence electrons. The molecule has 1 atom stereocenters. The summed E-state index contributed by atoms with van der Waals surface area (Å²) < 4.78 is 5.32. The summed E-state index contributed by atoms with van der Waals surface area (Å²) in [4.78, 5) is 13.9. The predicted molar refractivity (Wildman–Crippen MR) is 62.1 cm³/mol. The van der Waals surface area contributed by atoms with Gasteiger partial charge in [-0.3, -0.25) is 4.79 Å². The van der Waals surface area contributed by atoms with Gasteiger partial charge in [0.15, 0.2) is 0 Å². The van der Waals surface area contributed by atoms with Crippen molar-refractivity contribution in [1.29, 1.82) is 0 Å². The lowest BCUT2D eigenvalue weighted by Crippen LogP contribution is -2.44. The summed E-state index contributed by atoms with van der Waals surface area (Å²) in [7, 11) is 0. The Bertz CT molecular complexity index is 229. The highest BCUT2D eigenvalue weighted by Gasteiger charge is 2.28. The first-order valence-electron chi connectivity index (χ1n) is 5.78. The number of ether oxygens (including phenoxy) is 1. The molecule has 1 unspecified atom stereocenters. The van der Waals surface area contributed by atoms with Gasteiger partial charge in [-0.1, -0.05) is 15.9 Å². The Hall–Kier alpha value is -0.0900. The Balaban J connectivity index is 1.84. The second kappa shape index (κ2) is 5.30. The van der Waals surface area contributed by atoms with Crippen LogP contribution in [0.15, 0.2) is 0 Å². The van der Waals surface area contributed by atoms with Gasteiger partial charge in [-0.2, -0.15) is 0 Å². The molecule has 2 heterocycles. The van der Waals surface area contributed by atoms with Crippen molar-refractivity contribution in [3.8, 4) is 0 Å². The molecule has 2 aliphatic heterocycles. The first-order chi connectivity index (χ1) is 7.27. The third-order valence-electron chi connectivity index (χ3n) is 3.28. The molecule has 0 aromatic carbocycles. The SMILES string of the molecule is O=C1C(Br)CCCN1CC1CCOCC1. The molecule has 0 N–H and O–H groups in total. The normalized spacial score (nSPS) is 29.5. The second-order valence-electron chi connectivity index (χ2n) is 4.45. The molecule has 0 aliphatic carbocycles. The summed E-state index contributed by atoms with van der Waals surface area (Å²) in [5.41, 5.74) is 0. The zero-order valence-corrected chi connectivity index (χ0v) is 10.5. The molecule has 0 aromatic heterocycles. The Kier molecular flexibility index (Phi) is 4.03. The maximum absolute atomic E-state index is 11.8. The second-order valence-corrected chi connectivity index (χ2v) is 5.56.